The molecule has 118 valence electrons. The molecular formula is C22H18O2. The molecule has 0 saturated carbocycles. The van der Waals surface area contributed by atoms with Gasteiger partial charge in [-0.15, -0.1) is 6.42 Å². The summed E-state index contributed by atoms with van der Waals surface area (Å²) >= 11 is 0. The lowest BCUT2D eigenvalue weighted by atomic mass is 9.87. The Bertz CT molecular complexity index is 843. The SMILES string of the molecule is C#CC(O)(c1ccc(C)cc1)c1ccc(Oc2ccccc2)cc1. The maximum atomic E-state index is 11.0. The highest BCUT2D eigenvalue weighted by Crippen LogP contribution is 2.31. The van der Waals surface area contributed by atoms with Crippen molar-refractivity contribution < 1.29 is 9.84 Å². The van der Waals surface area contributed by atoms with E-state index in [2.05, 4.69) is 5.92 Å². The molecule has 1 unspecified atom stereocenters. The van der Waals surface area contributed by atoms with Crippen LogP contribution in [0.15, 0.2) is 78.9 Å². The van der Waals surface area contributed by atoms with Gasteiger partial charge in [0.2, 0.25) is 0 Å². The van der Waals surface area contributed by atoms with Crippen LogP contribution in [0.3, 0.4) is 0 Å². The average molecular weight is 314 g/mol. The monoisotopic (exact) mass is 314 g/mol. The van der Waals surface area contributed by atoms with Crippen LogP contribution in [0.4, 0.5) is 0 Å². The van der Waals surface area contributed by atoms with Gasteiger partial charge in [0.1, 0.15) is 11.5 Å². The molecule has 0 saturated heterocycles. The van der Waals surface area contributed by atoms with Crippen LogP contribution in [0.1, 0.15) is 16.7 Å². The maximum absolute atomic E-state index is 11.0. The largest absolute Gasteiger partial charge is 0.457 e. The fourth-order valence-electron chi connectivity index (χ4n) is 2.52. The second-order valence-corrected chi connectivity index (χ2v) is 5.66. The topological polar surface area (TPSA) is 29.5 Å². The van der Waals surface area contributed by atoms with E-state index in [1.807, 2.05) is 61.5 Å². The number of para-hydroxylation sites is 1. The lowest BCUT2D eigenvalue weighted by Crippen LogP contribution is -2.24. The number of hydrogen-bond acceptors (Lipinski definition) is 2. The van der Waals surface area contributed by atoms with Crippen LogP contribution in [0, 0.1) is 19.3 Å². The number of aliphatic hydroxyl groups is 1. The number of ether oxygens (including phenoxy) is 1. The molecule has 1 atom stereocenters. The van der Waals surface area contributed by atoms with Gasteiger partial charge in [0.25, 0.3) is 0 Å². The van der Waals surface area contributed by atoms with Crippen LogP contribution in [0.5, 0.6) is 11.5 Å². The first-order chi connectivity index (χ1) is 11.6. The molecule has 0 bridgehead atoms. The summed E-state index contributed by atoms with van der Waals surface area (Å²) in [4.78, 5) is 0. The number of rotatable bonds is 4. The van der Waals surface area contributed by atoms with Gasteiger partial charge in [-0.05, 0) is 31.2 Å². The smallest absolute Gasteiger partial charge is 0.176 e. The molecule has 0 spiro atoms. The van der Waals surface area contributed by atoms with Gasteiger partial charge < -0.3 is 9.84 Å². The zero-order valence-electron chi connectivity index (χ0n) is 13.4. The third kappa shape index (κ3) is 3.17. The van der Waals surface area contributed by atoms with E-state index in [1.54, 1.807) is 24.3 Å². The third-order valence-electron chi connectivity index (χ3n) is 3.93. The zero-order chi connectivity index (χ0) is 17.0. The molecule has 3 aromatic rings. The fourth-order valence-corrected chi connectivity index (χ4v) is 2.52. The number of terminal acetylenes is 1. The van der Waals surface area contributed by atoms with Crippen molar-refractivity contribution in [2.45, 2.75) is 12.5 Å². The van der Waals surface area contributed by atoms with Crippen molar-refractivity contribution in [3.63, 3.8) is 0 Å². The van der Waals surface area contributed by atoms with Gasteiger partial charge in [-0.1, -0.05) is 66.1 Å². The van der Waals surface area contributed by atoms with Crippen molar-refractivity contribution in [3.05, 3.63) is 95.6 Å². The molecule has 0 fully saturated rings. The van der Waals surface area contributed by atoms with E-state index in [9.17, 15) is 5.11 Å². The molecule has 2 heteroatoms. The van der Waals surface area contributed by atoms with Gasteiger partial charge >= 0.3 is 0 Å². The van der Waals surface area contributed by atoms with Gasteiger partial charge in [-0.25, -0.2) is 0 Å². The first-order valence-corrected chi connectivity index (χ1v) is 7.72. The van der Waals surface area contributed by atoms with Crippen molar-refractivity contribution in [2.24, 2.45) is 0 Å². The van der Waals surface area contributed by atoms with E-state index in [1.165, 1.54) is 0 Å². The first-order valence-electron chi connectivity index (χ1n) is 7.72. The summed E-state index contributed by atoms with van der Waals surface area (Å²) in [6, 6.07) is 24.3. The Morgan fingerprint density at radius 1 is 0.792 bits per heavy atom. The minimum Gasteiger partial charge on any atom is -0.457 e. The first kappa shape index (κ1) is 15.9. The van der Waals surface area contributed by atoms with Gasteiger partial charge in [0, 0.05) is 11.1 Å². The summed E-state index contributed by atoms with van der Waals surface area (Å²) in [5, 5.41) is 11.0. The molecule has 2 nitrogen and oxygen atoms in total. The van der Waals surface area contributed by atoms with Crippen LogP contribution in [-0.4, -0.2) is 5.11 Å². The van der Waals surface area contributed by atoms with Crippen LogP contribution < -0.4 is 4.74 Å². The van der Waals surface area contributed by atoms with Crippen LogP contribution in [0.25, 0.3) is 0 Å². The van der Waals surface area contributed by atoms with Crippen molar-refractivity contribution in [1.82, 2.24) is 0 Å². The number of aryl methyl sites for hydroxylation is 1. The Labute approximate surface area is 142 Å². The van der Waals surface area contributed by atoms with Crippen molar-refractivity contribution in [2.75, 3.05) is 0 Å². The molecule has 0 heterocycles. The van der Waals surface area contributed by atoms with E-state index >= 15 is 0 Å². The summed E-state index contributed by atoms with van der Waals surface area (Å²) in [6.07, 6.45) is 5.64. The Morgan fingerprint density at radius 3 is 1.83 bits per heavy atom. The Morgan fingerprint density at radius 2 is 1.29 bits per heavy atom. The molecule has 0 amide bonds. The van der Waals surface area contributed by atoms with Gasteiger partial charge in [-0.2, -0.15) is 0 Å². The summed E-state index contributed by atoms with van der Waals surface area (Å²) in [6.45, 7) is 1.99. The molecular weight excluding hydrogens is 296 g/mol. The van der Waals surface area contributed by atoms with E-state index in [4.69, 9.17) is 11.2 Å². The van der Waals surface area contributed by atoms with Crippen molar-refractivity contribution >= 4 is 0 Å². The van der Waals surface area contributed by atoms with E-state index in [0.29, 0.717) is 16.9 Å². The summed E-state index contributed by atoms with van der Waals surface area (Å²) in [5.41, 5.74) is 0.963. The molecule has 3 aromatic carbocycles. The summed E-state index contributed by atoms with van der Waals surface area (Å²) in [5.74, 6) is 3.96. The summed E-state index contributed by atoms with van der Waals surface area (Å²) in [7, 11) is 0. The lowest BCUT2D eigenvalue weighted by Gasteiger charge is -2.23. The lowest BCUT2D eigenvalue weighted by molar-refractivity contribution is 0.145. The summed E-state index contributed by atoms with van der Waals surface area (Å²) < 4.78 is 5.77. The highest BCUT2D eigenvalue weighted by molar-refractivity contribution is 5.46. The highest BCUT2D eigenvalue weighted by Gasteiger charge is 2.29. The standard InChI is InChI=1S/C22H18O2/c1-3-22(23,18-11-9-17(2)10-12-18)19-13-15-21(16-14-19)24-20-7-5-4-6-8-20/h1,4-16,23H,2H3. The van der Waals surface area contributed by atoms with E-state index < -0.39 is 5.60 Å². The average Bonchev–Trinajstić information content (AvgIpc) is 2.63. The molecule has 0 aliphatic carbocycles. The third-order valence-corrected chi connectivity index (χ3v) is 3.93. The van der Waals surface area contributed by atoms with Crippen LogP contribution in [-0.2, 0) is 5.60 Å². The molecule has 1 N–H and O–H groups in total. The molecule has 0 aliphatic rings. The normalized spacial score (nSPS) is 12.9. The highest BCUT2D eigenvalue weighted by atomic mass is 16.5. The molecule has 0 aromatic heterocycles. The Balaban J connectivity index is 1.88. The Kier molecular flexibility index (Phi) is 4.37. The molecule has 0 aliphatic heterocycles. The van der Waals surface area contributed by atoms with Gasteiger partial charge in [-0.3, -0.25) is 0 Å². The fraction of sp³-hybridized carbons (Fsp3) is 0.0909. The van der Waals surface area contributed by atoms with Crippen molar-refractivity contribution in [3.8, 4) is 23.8 Å². The van der Waals surface area contributed by atoms with E-state index in [-0.39, 0.29) is 0 Å². The Hall–Kier alpha value is -3.02. The van der Waals surface area contributed by atoms with Gasteiger partial charge in [0.15, 0.2) is 5.60 Å². The number of hydrogen-bond donors (Lipinski definition) is 1. The number of benzene rings is 3. The molecule has 3 rings (SSSR count). The second kappa shape index (κ2) is 6.62. The predicted molar refractivity (Wildman–Crippen MR) is 96.0 cm³/mol. The second-order valence-electron chi connectivity index (χ2n) is 5.66. The van der Waals surface area contributed by atoms with Crippen molar-refractivity contribution in [1.29, 1.82) is 0 Å². The maximum Gasteiger partial charge on any atom is 0.176 e. The zero-order valence-corrected chi connectivity index (χ0v) is 13.4. The molecule has 24 heavy (non-hydrogen) atoms. The predicted octanol–water partition coefficient (Wildman–Crippen LogP) is 4.66. The minimum atomic E-state index is -1.46. The van der Waals surface area contributed by atoms with Gasteiger partial charge in [0.05, 0.1) is 0 Å². The van der Waals surface area contributed by atoms with E-state index in [0.717, 1.165) is 11.3 Å². The molecule has 0 radical (unpaired) electrons. The van der Waals surface area contributed by atoms with Crippen LogP contribution >= 0.6 is 0 Å². The minimum absolute atomic E-state index is 0.634. The van der Waals surface area contributed by atoms with Crippen LogP contribution in [0.2, 0.25) is 0 Å². The quantitative estimate of drug-likeness (QED) is 0.710.